The van der Waals surface area contributed by atoms with Gasteiger partial charge in [0.1, 0.15) is 0 Å². The topological polar surface area (TPSA) is 107 Å². The summed E-state index contributed by atoms with van der Waals surface area (Å²) in [7, 11) is 0. The van der Waals surface area contributed by atoms with E-state index in [-0.39, 0.29) is 17.5 Å². The molecule has 1 unspecified atom stereocenters. The molecule has 0 aliphatic heterocycles. The Morgan fingerprint density at radius 2 is 1.72 bits per heavy atom. The quantitative estimate of drug-likeness (QED) is 0.479. The summed E-state index contributed by atoms with van der Waals surface area (Å²) in [6, 6.07) is 13.4. The third-order valence-corrected chi connectivity index (χ3v) is 5.45. The number of nitrogens with zero attached hydrogens (tertiary/aromatic N) is 2. The lowest BCUT2D eigenvalue weighted by Gasteiger charge is -2.18. The highest BCUT2D eigenvalue weighted by atomic mass is 32.2. The smallest absolute Gasteiger partial charge is 0.262 e. The number of amides is 2. The molecule has 3 rings (SSSR count). The molecule has 7 nitrogen and oxygen atoms in total. The van der Waals surface area contributed by atoms with Crippen molar-refractivity contribution >= 4 is 40.2 Å². The summed E-state index contributed by atoms with van der Waals surface area (Å²) in [5.74, 6) is -0.764. The van der Waals surface area contributed by atoms with Crippen molar-refractivity contribution in [2.75, 3.05) is 5.32 Å². The Morgan fingerprint density at radius 1 is 1.07 bits per heavy atom. The molecular formula is C21H22N4O3S. The third kappa shape index (κ3) is 4.48. The van der Waals surface area contributed by atoms with Crippen molar-refractivity contribution in [3.63, 3.8) is 0 Å². The van der Waals surface area contributed by atoms with Gasteiger partial charge in [-0.25, -0.2) is 4.98 Å². The summed E-state index contributed by atoms with van der Waals surface area (Å²) in [4.78, 5) is 41.3. The molecular weight excluding hydrogens is 388 g/mol. The monoisotopic (exact) mass is 410 g/mol. The van der Waals surface area contributed by atoms with Gasteiger partial charge in [-0.2, -0.15) is 0 Å². The number of benzene rings is 2. The van der Waals surface area contributed by atoms with Gasteiger partial charge in [0, 0.05) is 17.3 Å². The summed E-state index contributed by atoms with van der Waals surface area (Å²) >= 11 is 1.23. The van der Waals surface area contributed by atoms with E-state index in [2.05, 4.69) is 10.3 Å². The van der Waals surface area contributed by atoms with Crippen LogP contribution in [-0.4, -0.2) is 26.6 Å². The predicted octanol–water partition coefficient (Wildman–Crippen LogP) is 3.20. The van der Waals surface area contributed by atoms with Crippen LogP contribution in [0.3, 0.4) is 0 Å². The number of hydrogen-bond donors (Lipinski definition) is 2. The Morgan fingerprint density at radius 3 is 2.34 bits per heavy atom. The Labute approximate surface area is 172 Å². The van der Waals surface area contributed by atoms with E-state index in [1.165, 1.54) is 11.8 Å². The Bertz CT molecular complexity index is 1120. The van der Waals surface area contributed by atoms with Gasteiger partial charge in [-0.15, -0.1) is 0 Å². The minimum Gasteiger partial charge on any atom is -0.366 e. The van der Waals surface area contributed by atoms with Crippen LogP contribution in [0.4, 0.5) is 5.69 Å². The second kappa shape index (κ2) is 8.48. The van der Waals surface area contributed by atoms with E-state index >= 15 is 0 Å². The van der Waals surface area contributed by atoms with Crippen LogP contribution in [0.1, 0.15) is 37.2 Å². The fourth-order valence-corrected chi connectivity index (χ4v) is 3.88. The number of primary amides is 1. The molecule has 0 bridgehead atoms. The van der Waals surface area contributed by atoms with Crippen molar-refractivity contribution in [1.82, 2.24) is 9.55 Å². The van der Waals surface area contributed by atoms with Crippen molar-refractivity contribution in [3.05, 3.63) is 64.4 Å². The Kier molecular flexibility index (Phi) is 6.03. The van der Waals surface area contributed by atoms with Crippen LogP contribution in [0, 0.1) is 0 Å². The maximum Gasteiger partial charge on any atom is 0.262 e. The molecule has 0 saturated carbocycles. The minimum absolute atomic E-state index is 0.0984. The minimum atomic E-state index is -0.527. The van der Waals surface area contributed by atoms with Gasteiger partial charge in [-0.1, -0.05) is 23.9 Å². The second-order valence-electron chi connectivity index (χ2n) is 6.87. The van der Waals surface area contributed by atoms with E-state index < -0.39 is 11.2 Å². The zero-order chi connectivity index (χ0) is 21.1. The number of para-hydroxylation sites is 1. The average Bonchev–Trinajstić information content (AvgIpc) is 2.68. The van der Waals surface area contributed by atoms with Crippen molar-refractivity contribution in [2.45, 2.75) is 37.2 Å². The van der Waals surface area contributed by atoms with Crippen LogP contribution in [-0.2, 0) is 4.79 Å². The van der Waals surface area contributed by atoms with Gasteiger partial charge < -0.3 is 11.1 Å². The van der Waals surface area contributed by atoms with E-state index in [0.717, 1.165) is 0 Å². The molecule has 0 aliphatic rings. The highest BCUT2D eigenvalue weighted by Crippen LogP contribution is 2.25. The first-order valence-corrected chi connectivity index (χ1v) is 10.0. The molecule has 8 heteroatoms. The SMILES string of the molecule is CC(Sc1nc2ccccc2c(=O)n1C(C)C)C(=O)Nc1ccc(C(N)=O)cc1. The van der Waals surface area contributed by atoms with Crippen LogP contribution < -0.4 is 16.6 Å². The third-order valence-electron chi connectivity index (χ3n) is 4.38. The lowest BCUT2D eigenvalue weighted by Crippen LogP contribution is -2.28. The van der Waals surface area contributed by atoms with Gasteiger partial charge >= 0.3 is 0 Å². The summed E-state index contributed by atoms with van der Waals surface area (Å²) in [6.07, 6.45) is 0. The number of nitrogens with two attached hydrogens (primary N) is 1. The number of anilines is 1. The van der Waals surface area contributed by atoms with Crippen molar-refractivity contribution in [2.24, 2.45) is 5.73 Å². The summed E-state index contributed by atoms with van der Waals surface area (Å²) in [5, 5.41) is 3.35. The van der Waals surface area contributed by atoms with Crippen LogP contribution >= 0.6 is 11.8 Å². The number of rotatable bonds is 6. The van der Waals surface area contributed by atoms with Gasteiger partial charge in [0.15, 0.2) is 5.16 Å². The number of carbonyl (C=O) groups is 2. The number of fused-ring (bicyclic) bond motifs is 1. The fraction of sp³-hybridized carbons (Fsp3) is 0.238. The maximum atomic E-state index is 12.9. The van der Waals surface area contributed by atoms with E-state index in [4.69, 9.17) is 5.73 Å². The molecule has 1 atom stereocenters. The molecule has 2 aromatic carbocycles. The number of nitrogens with one attached hydrogen (secondary N) is 1. The van der Waals surface area contributed by atoms with E-state index in [0.29, 0.717) is 27.3 Å². The van der Waals surface area contributed by atoms with Crippen LogP contribution in [0.5, 0.6) is 0 Å². The molecule has 0 radical (unpaired) electrons. The first-order valence-electron chi connectivity index (χ1n) is 9.16. The molecule has 3 aromatic rings. The molecule has 150 valence electrons. The zero-order valence-electron chi connectivity index (χ0n) is 16.4. The Hall–Kier alpha value is -3.13. The van der Waals surface area contributed by atoms with Crippen molar-refractivity contribution in [1.29, 1.82) is 0 Å². The first kappa shape index (κ1) is 20.6. The number of thioether (sulfide) groups is 1. The largest absolute Gasteiger partial charge is 0.366 e. The van der Waals surface area contributed by atoms with Gasteiger partial charge in [-0.3, -0.25) is 19.0 Å². The summed E-state index contributed by atoms with van der Waals surface area (Å²) in [5.41, 5.74) is 6.63. The second-order valence-corrected chi connectivity index (χ2v) is 8.18. The lowest BCUT2D eigenvalue weighted by molar-refractivity contribution is -0.115. The molecule has 1 aromatic heterocycles. The average molecular weight is 410 g/mol. The molecule has 1 heterocycles. The standard InChI is InChI=1S/C21H22N4O3S/c1-12(2)25-20(28)16-6-4-5-7-17(16)24-21(25)29-13(3)19(27)23-15-10-8-14(9-11-15)18(22)26/h4-13H,1-3H3,(H2,22,26)(H,23,27). The van der Waals surface area contributed by atoms with Gasteiger partial charge in [-0.05, 0) is 57.2 Å². The molecule has 0 spiro atoms. The maximum absolute atomic E-state index is 12.9. The van der Waals surface area contributed by atoms with E-state index in [1.54, 1.807) is 47.9 Å². The number of hydrogen-bond acceptors (Lipinski definition) is 5. The molecule has 0 saturated heterocycles. The number of aromatic nitrogens is 2. The van der Waals surface area contributed by atoms with Crippen molar-refractivity contribution < 1.29 is 9.59 Å². The van der Waals surface area contributed by atoms with E-state index in [9.17, 15) is 14.4 Å². The van der Waals surface area contributed by atoms with Gasteiger partial charge in [0.05, 0.1) is 16.2 Å². The van der Waals surface area contributed by atoms with E-state index in [1.807, 2.05) is 26.0 Å². The molecule has 0 aliphatic carbocycles. The fourth-order valence-electron chi connectivity index (χ4n) is 2.84. The molecule has 3 N–H and O–H groups in total. The molecule has 29 heavy (non-hydrogen) atoms. The van der Waals surface area contributed by atoms with Crippen molar-refractivity contribution in [3.8, 4) is 0 Å². The molecule has 0 fully saturated rings. The zero-order valence-corrected chi connectivity index (χ0v) is 17.2. The highest BCUT2D eigenvalue weighted by molar-refractivity contribution is 8.00. The predicted molar refractivity (Wildman–Crippen MR) is 115 cm³/mol. The summed E-state index contributed by atoms with van der Waals surface area (Å²) < 4.78 is 1.61. The normalized spacial score (nSPS) is 12.1. The Balaban J connectivity index is 1.84. The van der Waals surface area contributed by atoms with Crippen LogP contribution in [0.15, 0.2) is 58.5 Å². The van der Waals surface area contributed by atoms with Crippen LogP contribution in [0.25, 0.3) is 10.9 Å². The summed E-state index contributed by atoms with van der Waals surface area (Å²) in [6.45, 7) is 5.57. The highest BCUT2D eigenvalue weighted by Gasteiger charge is 2.20. The first-order chi connectivity index (χ1) is 13.8. The van der Waals surface area contributed by atoms with Gasteiger partial charge in [0.25, 0.3) is 5.56 Å². The molecule has 2 amide bonds. The van der Waals surface area contributed by atoms with Crippen LogP contribution in [0.2, 0.25) is 0 Å². The van der Waals surface area contributed by atoms with Gasteiger partial charge in [0.2, 0.25) is 11.8 Å². The number of carbonyl (C=O) groups excluding carboxylic acids is 2. The lowest BCUT2D eigenvalue weighted by atomic mass is 10.2.